The number of amides is 1. The average molecular weight is 280 g/mol. The van der Waals surface area contributed by atoms with Gasteiger partial charge in [-0.1, -0.05) is 45.4 Å². The van der Waals surface area contributed by atoms with Crippen molar-refractivity contribution in [2.75, 3.05) is 32.7 Å². The highest BCUT2D eigenvalue weighted by atomic mass is 16.2. The summed E-state index contributed by atoms with van der Waals surface area (Å²) in [6.07, 6.45) is 11.4. The lowest BCUT2D eigenvalue weighted by atomic mass is 10.0. The van der Waals surface area contributed by atoms with Crippen molar-refractivity contribution in [2.45, 2.75) is 64.7 Å². The lowest BCUT2D eigenvalue weighted by Crippen LogP contribution is -2.48. The van der Waals surface area contributed by atoms with Crippen LogP contribution in [-0.2, 0) is 4.79 Å². The molecule has 0 aromatic heterocycles. The third-order valence-electron chi connectivity index (χ3n) is 5.04. The van der Waals surface area contributed by atoms with E-state index in [4.69, 9.17) is 0 Å². The number of rotatable bonds is 7. The van der Waals surface area contributed by atoms with Crippen LogP contribution in [0.4, 0.5) is 0 Å². The highest BCUT2D eigenvalue weighted by molar-refractivity contribution is 5.76. The molecule has 0 N–H and O–H groups in total. The molecule has 1 heterocycles. The van der Waals surface area contributed by atoms with Gasteiger partial charge in [-0.05, 0) is 25.3 Å². The minimum Gasteiger partial charge on any atom is -0.340 e. The summed E-state index contributed by atoms with van der Waals surface area (Å²) in [5.74, 6) is 1.25. The molecule has 1 aliphatic carbocycles. The predicted octanol–water partition coefficient (Wildman–Crippen LogP) is 3.29. The second-order valence-corrected chi connectivity index (χ2v) is 6.62. The first kappa shape index (κ1) is 15.8. The van der Waals surface area contributed by atoms with E-state index in [0.29, 0.717) is 5.91 Å². The molecule has 0 aromatic rings. The van der Waals surface area contributed by atoms with Gasteiger partial charge in [-0.15, -0.1) is 0 Å². The average Bonchev–Trinajstić information content (AvgIpc) is 2.99. The zero-order chi connectivity index (χ0) is 14.2. The Morgan fingerprint density at radius 3 is 2.40 bits per heavy atom. The second kappa shape index (κ2) is 8.66. The minimum atomic E-state index is 0.408. The van der Waals surface area contributed by atoms with E-state index in [1.54, 1.807) is 0 Å². The molecule has 1 saturated heterocycles. The van der Waals surface area contributed by atoms with Crippen molar-refractivity contribution in [2.24, 2.45) is 5.92 Å². The van der Waals surface area contributed by atoms with E-state index in [0.717, 1.165) is 44.9 Å². The van der Waals surface area contributed by atoms with Crippen LogP contribution in [0.2, 0.25) is 0 Å². The Labute approximate surface area is 124 Å². The van der Waals surface area contributed by atoms with Crippen LogP contribution in [0.5, 0.6) is 0 Å². The monoisotopic (exact) mass is 280 g/mol. The molecule has 3 heteroatoms. The Balaban J connectivity index is 1.58. The summed E-state index contributed by atoms with van der Waals surface area (Å²) >= 11 is 0. The zero-order valence-corrected chi connectivity index (χ0v) is 13.3. The second-order valence-electron chi connectivity index (χ2n) is 6.62. The van der Waals surface area contributed by atoms with Crippen LogP contribution in [0.3, 0.4) is 0 Å². The molecule has 2 fully saturated rings. The van der Waals surface area contributed by atoms with Gasteiger partial charge >= 0.3 is 0 Å². The summed E-state index contributed by atoms with van der Waals surface area (Å²) in [4.78, 5) is 16.9. The number of unbranched alkanes of at least 4 members (excludes halogenated alkanes) is 2. The molecule has 0 spiro atoms. The van der Waals surface area contributed by atoms with Crippen LogP contribution in [-0.4, -0.2) is 48.4 Å². The van der Waals surface area contributed by atoms with Gasteiger partial charge in [0.1, 0.15) is 0 Å². The Bertz CT molecular complexity index is 279. The molecule has 2 rings (SSSR count). The van der Waals surface area contributed by atoms with E-state index in [9.17, 15) is 4.79 Å². The van der Waals surface area contributed by atoms with E-state index in [2.05, 4.69) is 16.7 Å². The largest absolute Gasteiger partial charge is 0.340 e. The van der Waals surface area contributed by atoms with Crippen LogP contribution in [0.15, 0.2) is 0 Å². The highest BCUT2D eigenvalue weighted by Gasteiger charge is 2.22. The third kappa shape index (κ3) is 5.08. The SMILES string of the molecule is CCCCCN1CCN(C(=O)CCC2CCCC2)CC1. The van der Waals surface area contributed by atoms with Gasteiger partial charge in [-0.25, -0.2) is 0 Å². The number of carbonyl (C=O) groups is 1. The van der Waals surface area contributed by atoms with Crippen molar-refractivity contribution in [1.82, 2.24) is 9.80 Å². The van der Waals surface area contributed by atoms with E-state index < -0.39 is 0 Å². The molecule has 3 nitrogen and oxygen atoms in total. The van der Waals surface area contributed by atoms with E-state index in [1.807, 2.05) is 0 Å². The molecule has 0 atom stereocenters. The lowest BCUT2D eigenvalue weighted by Gasteiger charge is -2.35. The van der Waals surface area contributed by atoms with E-state index in [-0.39, 0.29) is 0 Å². The maximum Gasteiger partial charge on any atom is 0.222 e. The normalized spacial score (nSPS) is 21.6. The Kier molecular flexibility index (Phi) is 6.85. The van der Waals surface area contributed by atoms with Crippen molar-refractivity contribution in [3.8, 4) is 0 Å². The van der Waals surface area contributed by atoms with E-state index in [1.165, 1.54) is 51.5 Å². The van der Waals surface area contributed by atoms with Crippen molar-refractivity contribution < 1.29 is 4.79 Å². The van der Waals surface area contributed by atoms with Crippen molar-refractivity contribution >= 4 is 5.91 Å². The number of hydrogen-bond acceptors (Lipinski definition) is 2. The first-order valence-electron chi connectivity index (χ1n) is 8.79. The first-order chi connectivity index (χ1) is 9.79. The van der Waals surface area contributed by atoms with Crippen LogP contribution in [0.1, 0.15) is 64.7 Å². The Morgan fingerprint density at radius 1 is 1.05 bits per heavy atom. The van der Waals surface area contributed by atoms with Crippen molar-refractivity contribution in [1.29, 1.82) is 0 Å². The topological polar surface area (TPSA) is 23.6 Å². The summed E-state index contributed by atoms with van der Waals surface area (Å²) in [7, 11) is 0. The molecular weight excluding hydrogens is 248 g/mol. The standard InChI is InChI=1S/C17H32N2O/c1-2-3-6-11-18-12-14-19(15-13-18)17(20)10-9-16-7-4-5-8-16/h16H,2-15H2,1H3. The van der Waals surface area contributed by atoms with Crippen LogP contribution in [0, 0.1) is 5.92 Å². The third-order valence-corrected chi connectivity index (χ3v) is 5.04. The molecule has 0 bridgehead atoms. The molecule has 0 radical (unpaired) electrons. The lowest BCUT2D eigenvalue weighted by molar-refractivity contribution is -0.133. The molecule has 1 amide bonds. The van der Waals surface area contributed by atoms with Crippen LogP contribution in [0.25, 0.3) is 0 Å². The molecule has 0 unspecified atom stereocenters. The molecule has 116 valence electrons. The maximum atomic E-state index is 12.2. The summed E-state index contributed by atoms with van der Waals surface area (Å²) in [5, 5.41) is 0. The van der Waals surface area contributed by atoms with Crippen LogP contribution >= 0.6 is 0 Å². The maximum absolute atomic E-state index is 12.2. The minimum absolute atomic E-state index is 0.408. The number of hydrogen-bond donors (Lipinski definition) is 0. The summed E-state index contributed by atoms with van der Waals surface area (Å²) in [6.45, 7) is 7.54. The molecular formula is C17H32N2O. The van der Waals surface area contributed by atoms with Crippen molar-refractivity contribution in [3.05, 3.63) is 0 Å². The Morgan fingerprint density at radius 2 is 1.75 bits per heavy atom. The first-order valence-corrected chi connectivity index (χ1v) is 8.79. The number of nitrogens with zero attached hydrogens (tertiary/aromatic N) is 2. The van der Waals surface area contributed by atoms with Crippen molar-refractivity contribution in [3.63, 3.8) is 0 Å². The quantitative estimate of drug-likeness (QED) is 0.668. The van der Waals surface area contributed by atoms with Gasteiger partial charge in [-0.2, -0.15) is 0 Å². The summed E-state index contributed by atoms with van der Waals surface area (Å²) in [5.41, 5.74) is 0. The van der Waals surface area contributed by atoms with Gasteiger partial charge in [0.05, 0.1) is 0 Å². The van der Waals surface area contributed by atoms with Gasteiger partial charge in [-0.3, -0.25) is 9.69 Å². The van der Waals surface area contributed by atoms with E-state index >= 15 is 0 Å². The Hall–Kier alpha value is -0.570. The van der Waals surface area contributed by atoms with Gasteiger partial charge in [0, 0.05) is 32.6 Å². The fourth-order valence-electron chi connectivity index (χ4n) is 3.59. The molecule has 2 aliphatic rings. The van der Waals surface area contributed by atoms with Gasteiger partial charge in [0.2, 0.25) is 5.91 Å². The zero-order valence-electron chi connectivity index (χ0n) is 13.3. The predicted molar refractivity (Wildman–Crippen MR) is 83.7 cm³/mol. The number of piperazine rings is 1. The summed E-state index contributed by atoms with van der Waals surface area (Å²) < 4.78 is 0. The van der Waals surface area contributed by atoms with Gasteiger partial charge in [0.25, 0.3) is 0 Å². The molecule has 1 saturated carbocycles. The summed E-state index contributed by atoms with van der Waals surface area (Å²) in [6, 6.07) is 0. The van der Waals surface area contributed by atoms with Crippen LogP contribution < -0.4 is 0 Å². The number of carbonyl (C=O) groups excluding carboxylic acids is 1. The fraction of sp³-hybridized carbons (Fsp3) is 0.941. The van der Waals surface area contributed by atoms with Gasteiger partial charge in [0.15, 0.2) is 0 Å². The van der Waals surface area contributed by atoms with Gasteiger partial charge < -0.3 is 4.90 Å². The molecule has 1 aliphatic heterocycles. The smallest absolute Gasteiger partial charge is 0.222 e. The molecule has 20 heavy (non-hydrogen) atoms. The molecule has 0 aromatic carbocycles. The highest BCUT2D eigenvalue weighted by Crippen LogP contribution is 2.28. The fourth-order valence-corrected chi connectivity index (χ4v) is 3.59.